The summed E-state index contributed by atoms with van der Waals surface area (Å²) in [6.45, 7) is 13.4. The Morgan fingerprint density at radius 2 is 1.86 bits per heavy atom. The molecule has 0 N–H and O–H groups in total. The number of nitriles is 1. The number of pyridine rings is 1. The van der Waals surface area contributed by atoms with Crippen LogP contribution in [0.1, 0.15) is 90.6 Å². The molecule has 0 amide bonds. The zero-order chi connectivity index (χ0) is 25.2. The molecule has 0 radical (unpaired) electrons. The van der Waals surface area contributed by atoms with E-state index < -0.39 is 0 Å². The molecule has 3 heteroatoms. The third-order valence-corrected chi connectivity index (χ3v) is 9.70. The van der Waals surface area contributed by atoms with Gasteiger partial charge in [0, 0.05) is 48.7 Å². The molecule has 2 heterocycles. The molecule has 0 spiro atoms. The maximum absolute atomic E-state index is 9.79. The number of hydrogen-bond acceptors (Lipinski definition) is 2. The molecule has 2 aromatic heterocycles. The van der Waals surface area contributed by atoms with E-state index in [0.29, 0.717) is 11.5 Å². The van der Waals surface area contributed by atoms with E-state index in [1.54, 1.807) is 0 Å². The zero-order valence-corrected chi connectivity index (χ0v) is 22.2. The van der Waals surface area contributed by atoms with E-state index in [0.717, 1.165) is 34.7 Å². The first kappa shape index (κ1) is 23.3. The summed E-state index contributed by atoms with van der Waals surface area (Å²) in [5.41, 5.74) is 9.44. The maximum atomic E-state index is 9.79. The van der Waals surface area contributed by atoms with Crippen molar-refractivity contribution >= 4 is 17.0 Å². The number of hydrogen-bond donors (Lipinski definition) is 0. The summed E-state index contributed by atoms with van der Waals surface area (Å²) in [6.07, 6.45) is 17.5. The van der Waals surface area contributed by atoms with Crippen molar-refractivity contribution in [3.63, 3.8) is 0 Å². The number of benzene rings is 1. The van der Waals surface area contributed by atoms with Gasteiger partial charge in [-0.25, -0.2) is 0 Å². The number of aromatic nitrogens is 2. The SMILES string of the molecule is C=C1Cc2cc(-c3cn(C4CCC(C5(C)CC5)CC4)c4cc(C)c(C#N)cc34)cnc2C=CC1(C)C.[HH].[HH]. The second-order valence-corrected chi connectivity index (χ2v) is 12.5. The molecule has 6 rings (SSSR count). The molecule has 0 aliphatic heterocycles. The molecule has 0 bridgehead atoms. The average Bonchev–Trinajstić information content (AvgIpc) is 3.54. The lowest BCUT2D eigenvalue weighted by molar-refractivity contribution is 0.204. The van der Waals surface area contributed by atoms with Crippen molar-refractivity contribution in [1.29, 1.82) is 5.26 Å². The maximum Gasteiger partial charge on any atom is 0.0994 e. The normalized spacial score (nSPS) is 24.2. The van der Waals surface area contributed by atoms with Gasteiger partial charge < -0.3 is 4.57 Å². The van der Waals surface area contributed by atoms with E-state index in [2.05, 4.69) is 81.5 Å². The van der Waals surface area contributed by atoms with Crippen molar-refractivity contribution in [1.82, 2.24) is 9.55 Å². The predicted molar refractivity (Wildman–Crippen MR) is 153 cm³/mol. The fraction of sp³-hybridized carbons (Fsp3) is 0.455. The quantitative estimate of drug-likeness (QED) is 0.352. The highest BCUT2D eigenvalue weighted by Gasteiger charge is 2.45. The smallest absolute Gasteiger partial charge is 0.0994 e. The van der Waals surface area contributed by atoms with Gasteiger partial charge in [0.1, 0.15) is 0 Å². The first-order chi connectivity index (χ1) is 17.2. The summed E-state index contributed by atoms with van der Waals surface area (Å²) >= 11 is 0. The molecule has 2 saturated carbocycles. The van der Waals surface area contributed by atoms with Crippen LogP contribution in [0.25, 0.3) is 28.1 Å². The molecule has 3 aromatic rings. The van der Waals surface area contributed by atoms with E-state index in [4.69, 9.17) is 4.98 Å². The molecule has 2 fully saturated rings. The van der Waals surface area contributed by atoms with Gasteiger partial charge in [-0.05, 0) is 98.6 Å². The molecule has 0 atom stereocenters. The summed E-state index contributed by atoms with van der Waals surface area (Å²) in [5.74, 6) is 0.890. The molecule has 188 valence electrons. The van der Waals surface area contributed by atoms with Crippen LogP contribution in [-0.2, 0) is 6.42 Å². The van der Waals surface area contributed by atoms with E-state index in [-0.39, 0.29) is 8.27 Å². The first-order valence-electron chi connectivity index (χ1n) is 13.6. The van der Waals surface area contributed by atoms with Gasteiger partial charge in [-0.2, -0.15) is 5.26 Å². The lowest BCUT2D eigenvalue weighted by Gasteiger charge is -2.33. The fourth-order valence-corrected chi connectivity index (χ4v) is 6.53. The van der Waals surface area contributed by atoms with E-state index in [9.17, 15) is 5.26 Å². The topological polar surface area (TPSA) is 41.6 Å². The third kappa shape index (κ3) is 3.83. The minimum Gasteiger partial charge on any atom is -0.344 e. The van der Waals surface area contributed by atoms with Gasteiger partial charge in [0.05, 0.1) is 17.3 Å². The summed E-state index contributed by atoms with van der Waals surface area (Å²) in [7, 11) is 0. The Hall–Kier alpha value is -3.12. The number of nitrogens with zero attached hydrogens (tertiary/aromatic N) is 3. The largest absolute Gasteiger partial charge is 0.344 e. The van der Waals surface area contributed by atoms with Crippen LogP contribution in [0.15, 0.2) is 48.8 Å². The zero-order valence-electron chi connectivity index (χ0n) is 22.2. The van der Waals surface area contributed by atoms with Crippen LogP contribution >= 0.6 is 0 Å². The molecule has 3 aliphatic rings. The molecule has 36 heavy (non-hydrogen) atoms. The predicted octanol–water partition coefficient (Wildman–Crippen LogP) is 9.06. The van der Waals surface area contributed by atoms with E-state index in [1.165, 1.54) is 66.1 Å². The second-order valence-electron chi connectivity index (χ2n) is 12.5. The lowest BCUT2D eigenvalue weighted by Crippen LogP contribution is -2.22. The minimum atomic E-state index is -0.0352. The molecule has 0 saturated heterocycles. The Morgan fingerprint density at radius 3 is 2.56 bits per heavy atom. The Labute approximate surface area is 218 Å². The van der Waals surface area contributed by atoms with Crippen LogP contribution < -0.4 is 0 Å². The highest BCUT2D eigenvalue weighted by atomic mass is 15.0. The molecule has 3 aliphatic carbocycles. The summed E-state index contributed by atoms with van der Waals surface area (Å²) < 4.78 is 2.53. The number of rotatable bonds is 3. The van der Waals surface area contributed by atoms with Gasteiger partial charge in [0.15, 0.2) is 0 Å². The summed E-state index contributed by atoms with van der Waals surface area (Å²) in [6, 6.07) is 9.56. The van der Waals surface area contributed by atoms with Gasteiger partial charge in [0.25, 0.3) is 0 Å². The van der Waals surface area contributed by atoms with E-state index >= 15 is 0 Å². The summed E-state index contributed by atoms with van der Waals surface area (Å²) in [4.78, 5) is 4.89. The van der Waals surface area contributed by atoms with Gasteiger partial charge in [-0.1, -0.05) is 39.0 Å². The molecule has 3 nitrogen and oxygen atoms in total. The van der Waals surface area contributed by atoms with Gasteiger partial charge in [0.2, 0.25) is 0 Å². The van der Waals surface area contributed by atoms with Crippen molar-refractivity contribution in [2.75, 3.05) is 0 Å². The average molecular weight is 480 g/mol. The molecular weight excluding hydrogens is 438 g/mol. The molecule has 1 aromatic carbocycles. The Kier molecular flexibility index (Phi) is 5.31. The van der Waals surface area contributed by atoms with Crippen molar-refractivity contribution in [2.45, 2.75) is 78.7 Å². The third-order valence-electron chi connectivity index (χ3n) is 9.70. The van der Waals surface area contributed by atoms with Gasteiger partial charge in [-0.15, -0.1) is 0 Å². The number of aryl methyl sites for hydroxylation is 1. The number of fused-ring (bicyclic) bond motifs is 2. The van der Waals surface area contributed by atoms with Crippen LogP contribution in [0.3, 0.4) is 0 Å². The van der Waals surface area contributed by atoms with Crippen molar-refractivity contribution in [3.05, 3.63) is 71.2 Å². The van der Waals surface area contributed by atoms with Crippen LogP contribution in [0, 0.1) is 35.0 Å². The van der Waals surface area contributed by atoms with Gasteiger partial charge in [-0.3, -0.25) is 4.98 Å². The number of allylic oxidation sites excluding steroid dienone is 2. The first-order valence-corrected chi connectivity index (χ1v) is 13.6. The monoisotopic (exact) mass is 479 g/mol. The standard InChI is InChI=1S/C33H37N3.2H2/c1-21-14-31-28(17-24(21)18-34)29(20-36(31)27-8-6-26(7-9-27)33(5)12-13-33)25-16-23-15-22(2)32(3,4)11-10-30(23)35-19-25;;/h10-11,14,16-17,19-20,26-27H,2,6-9,12-13,15H2,1,3-5H3;2*1H. The Bertz CT molecular complexity index is 1460. The molecular formula is C33H41N3. The minimum absolute atomic E-state index is 0. The fourth-order valence-electron chi connectivity index (χ4n) is 6.53. The van der Waals surface area contributed by atoms with Crippen LogP contribution in [-0.4, -0.2) is 9.55 Å². The van der Waals surface area contributed by atoms with Crippen molar-refractivity contribution in [3.8, 4) is 17.2 Å². The van der Waals surface area contributed by atoms with Crippen LogP contribution in [0.2, 0.25) is 0 Å². The Balaban J connectivity index is 0.00000168. The van der Waals surface area contributed by atoms with Crippen LogP contribution in [0.5, 0.6) is 0 Å². The highest BCUT2D eigenvalue weighted by molar-refractivity contribution is 5.97. The van der Waals surface area contributed by atoms with E-state index in [1.807, 2.05) is 6.20 Å². The lowest BCUT2D eigenvalue weighted by atomic mass is 9.77. The molecule has 0 unspecified atom stereocenters. The van der Waals surface area contributed by atoms with Crippen molar-refractivity contribution < 1.29 is 2.85 Å². The summed E-state index contributed by atoms with van der Waals surface area (Å²) in [5, 5.41) is 11.0. The van der Waals surface area contributed by atoms with Crippen molar-refractivity contribution in [2.24, 2.45) is 16.7 Å². The van der Waals surface area contributed by atoms with Crippen LogP contribution in [0.4, 0.5) is 0 Å². The van der Waals surface area contributed by atoms with Gasteiger partial charge >= 0.3 is 0 Å². The second kappa shape index (κ2) is 8.20. The highest BCUT2D eigenvalue weighted by Crippen LogP contribution is 2.57. The Morgan fingerprint density at radius 1 is 1.11 bits per heavy atom.